The number of ether oxygens (including phenoxy) is 3. The highest BCUT2D eigenvalue weighted by atomic mass is 16.6. The van der Waals surface area contributed by atoms with Crippen molar-refractivity contribution in [2.45, 2.75) is 19.4 Å². The van der Waals surface area contributed by atoms with Gasteiger partial charge in [0.1, 0.15) is 6.04 Å². The Morgan fingerprint density at radius 3 is 2.14 bits per heavy atom. The number of hydrogen-bond acceptors (Lipinski definition) is 7. The second-order valence-electron chi connectivity index (χ2n) is 4.54. The van der Waals surface area contributed by atoms with Crippen molar-refractivity contribution in [3.63, 3.8) is 0 Å². The van der Waals surface area contributed by atoms with Gasteiger partial charge in [0.2, 0.25) is 0 Å². The molecule has 0 spiro atoms. The number of hydrogen-bond donors (Lipinski definition) is 0. The Hall–Kier alpha value is -1.83. The maximum absolute atomic E-state index is 11.8. The molecule has 0 unspecified atom stereocenters. The Morgan fingerprint density at radius 1 is 1.05 bits per heavy atom. The highest BCUT2D eigenvalue weighted by molar-refractivity contribution is 5.82. The van der Waals surface area contributed by atoms with E-state index in [1.54, 1.807) is 11.8 Å². The fourth-order valence-electron chi connectivity index (χ4n) is 2.17. The van der Waals surface area contributed by atoms with Gasteiger partial charge in [0.15, 0.2) is 0 Å². The summed E-state index contributed by atoms with van der Waals surface area (Å²) in [7, 11) is 2.55. The summed E-state index contributed by atoms with van der Waals surface area (Å²) >= 11 is 0. The minimum Gasteiger partial charge on any atom is -0.469 e. The standard InChI is InChI=1S/C13H22N2O6/c1-4-21-13(18)15-7-5-14(6-8-15)10(12(17)20-3)9-11(16)19-2/h10H,4-9H2,1-3H3/t10-/m1/s1. The molecule has 0 bridgehead atoms. The van der Waals surface area contributed by atoms with E-state index in [0.29, 0.717) is 32.8 Å². The van der Waals surface area contributed by atoms with E-state index >= 15 is 0 Å². The highest BCUT2D eigenvalue weighted by Gasteiger charge is 2.33. The fraction of sp³-hybridized carbons (Fsp3) is 0.769. The number of carbonyl (C=O) groups is 3. The van der Waals surface area contributed by atoms with Gasteiger partial charge in [-0.25, -0.2) is 4.79 Å². The van der Waals surface area contributed by atoms with E-state index in [2.05, 4.69) is 4.74 Å². The SMILES string of the molecule is CCOC(=O)N1CCN([C@H](CC(=O)OC)C(=O)OC)CC1. The molecule has 0 aromatic carbocycles. The first-order valence-corrected chi connectivity index (χ1v) is 6.83. The van der Waals surface area contributed by atoms with Gasteiger partial charge in [0, 0.05) is 26.2 Å². The number of nitrogens with zero attached hydrogens (tertiary/aromatic N) is 2. The van der Waals surface area contributed by atoms with Crippen LogP contribution in [0.25, 0.3) is 0 Å². The van der Waals surface area contributed by atoms with E-state index in [1.807, 2.05) is 4.90 Å². The Morgan fingerprint density at radius 2 is 1.67 bits per heavy atom. The molecular formula is C13H22N2O6. The first-order valence-electron chi connectivity index (χ1n) is 6.83. The molecule has 0 radical (unpaired) electrons. The molecule has 0 aromatic heterocycles. The zero-order chi connectivity index (χ0) is 15.8. The molecule has 8 nitrogen and oxygen atoms in total. The summed E-state index contributed by atoms with van der Waals surface area (Å²) in [6.45, 7) is 3.89. The molecule has 1 atom stereocenters. The summed E-state index contributed by atoms with van der Waals surface area (Å²) in [5.41, 5.74) is 0. The summed E-state index contributed by atoms with van der Waals surface area (Å²) in [5, 5.41) is 0. The molecule has 0 aliphatic carbocycles. The zero-order valence-corrected chi connectivity index (χ0v) is 12.7. The molecule has 1 aliphatic heterocycles. The Balaban J connectivity index is 2.60. The van der Waals surface area contributed by atoms with Crippen LogP contribution in [0.3, 0.4) is 0 Å². The van der Waals surface area contributed by atoms with E-state index < -0.39 is 18.0 Å². The molecule has 1 aliphatic rings. The van der Waals surface area contributed by atoms with Gasteiger partial charge in [-0.3, -0.25) is 14.5 Å². The Kier molecular flexibility index (Phi) is 6.93. The smallest absolute Gasteiger partial charge is 0.409 e. The molecule has 1 rings (SSSR count). The zero-order valence-electron chi connectivity index (χ0n) is 12.7. The van der Waals surface area contributed by atoms with Crippen LogP contribution in [0.15, 0.2) is 0 Å². The topological polar surface area (TPSA) is 85.4 Å². The maximum atomic E-state index is 11.8. The van der Waals surface area contributed by atoms with Gasteiger partial charge in [0.25, 0.3) is 0 Å². The number of piperazine rings is 1. The molecule has 1 amide bonds. The van der Waals surface area contributed by atoms with Crippen molar-refractivity contribution < 1.29 is 28.6 Å². The van der Waals surface area contributed by atoms with Gasteiger partial charge in [-0.15, -0.1) is 0 Å². The second-order valence-corrected chi connectivity index (χ2v) is 4.54. The summed E-state index contributed by atoms with van der Waals surface area (Å²) in [6, 6.07) is -0.688. The minimum atomic E-state index is -0.688. The molecule has 21 heavy (non-hydrogen) atoms. The van der Waals surface area contributed by atoms with Crippen molar-refractivity contribution >= 4 is 18.0 Å². The van der Waals surface area contributed by atoms with Crippen LogP contribution >= 0.6 is 0 Å². The van der Waals surface area contributed by atoms with Gasteiger partial charge in [-0.05, 0) is 6.92 Å². The average Bonchev–Trinajstić information content (AvgIpc) is 2.52. The molecular weight excluding hydrogens is 280 g/mol. The average molecular weight is 302 g/mol. The fourth-order valence-corrected chi connectivity index (χ4v) is 2.17. The highest BCUT2D eigenvalue weighted by Crippen LogP contribution is 2.12. The van der Waals surface area contributed by atoms with E-state index in [4.69, 9.17) is 9.47 Å². The van der Waals surface area contributed by atoms with Crippen LogP contribution in [0, 0.1) is 0 Å². The quantitative estimate of drug-likeness (QED) is 0.516. The van der Waals surface area contributed by atoms with Crippen molar-refractivity contribution in [2.24, 2.45) is 0 Å². The van der Waals surface area contributed by atoms with Crippen molar-refractivity contribution in [1.82, 2.24) is 9.80 Å². The predicted octanol–water partition coefficient (Wildman–Crippen LogP) is -0.135. The summed E-state index contributed by atoms with van der Waals surface area (Å²) in [5.74, 6) is -0.955. The van der Waals surface area contributed by atoms with Crippen LogP contribution in [0.5, 0.6) is 0 Å². The first-order chi connectivity index (χ1) is 10.0. The molecule has 0 N–H and O–H groups in total. The van der Waals surface area contributed by atoms with Gasteiger partial charge in [-0.2, -0.15) is 0 Å². The van der Waals surface area contributed by atoms with Crippen LogP contribution in [0.4, 0.5) is 4.79 Å². The summed E-state index contributed by atoms with van der Waals surface area (Å²) in [6.07, 6.45) is -0.428. The Labute approximate surface area is 123 Å². The van der Waals surface area contributed by atoms with E-state index in [-0.39, 0.29) is 12.5 Å². The molecule has 1 saturated heterocycles. The number of esters is 2. The Bertz CT molecular complexity index is 379. The number of rotatable bonds is 5. The second kappa shape index (κ2) is 8.46. The molecule has 120 valence electrons. The van der Waals surface area contributed by atoms with Gasteiger partial charge >= 0.3 is 18.0 Å². The first kappa shape index (κ1) is 17.2. The maximum Gasteiger partial charge on any atom is 0.409 e. The third-order valence-electron chi connectivity index (χ3n) is 3.34. The van der Waals surface area contributed by atoms with Crippen LogP contribution in [-0.4, -0.2) is 80.9 Å². The lowest BCUT2D eigenvalue weighted by atomic mass is 10.1. The van der Waals surface area contributed by atoms with Gasteiger partial charge < -0.3 is 19.1 Å². The van der Waals surface area contributed by atoms with Crippen LogP contribution in [-0.2, 0) is 23.8 Å². The number of amides is 1. The number of methoxy groups -OCH3 is 2. The lowest BCUT2D eigenvalue weighted by Gasteiger charge is -2.37. The van der Waals surface area contributed by atoms with Crippen molar-refractivity contribution in [2.75, 3.05) is 47.0 Å². The van der Waals surface area contributed by atoms with E-state index in [1.165, 1.54) is 14.2 Å². The molecule has 1 heterocycles. The van der Waals surface area contributed by atoms with Crippen LogP contribution in [0.2, 0.25) is 0 Å². The lowest BCUT2D eigenvalue weighted by molar-refractivity contribution is -0.154. The largest absolute Gasteiger partial charge is 0.469 e. The monoisotopic (exact) mass is 302 g/mol. The lowest BCUT2D eigenvalue weighted by Crippen LogP contribution is -2.54. The normalized spacial score (nSPS) is 17.0. The molecule has 1 fully saturated rings. The third-order valence-corrected chi connectivity index (χ3v) is 3.34. The van der Waals surface area contributed by atoms with Gasteiger partial charge in [-0.1, -0.05) is 0 Å². The molecule has 8 heteroatoms. The van der Waals surface area contributed by atoms with Crippen LogP contribution in [0.1, 0.15) is 13.3 Å². The van der Waals surface area contributed by atoms with Crippen LogP contribution < -0.4 is 0 Å². The minimum absolute atomic E-state index is 0.0669. The van der Waals surface area contributed by atoms with Crippen molar-refractivity contribution in [1.29, 1.82) is 0 Å². The van der Waals surface area contributed by atoms with Crippen molar-refractivity contribution in [3.05, 3.63) is 0 Å². The third kappa shape index (κ3) is 4.89. The van der Waals surface area contributed by atoms with Crippen molar-refractivity contribution in [3.8, 4) is 0 Å². The number of carbonyl (C=O) groups excluding carboxylic acids is 3. The summed E-state index contributed by atoms with van der Waals surface area (Å²) in [4.78, 5) is 38.2. The van der Waals surface area contributed by atoms with Gasteiger partial charge in [0.05, 0.1) is 27.2 Å². The summed E-state index contributed by atoms with van der Waals surface area (Å²) < 4.78 is 14.3. The van der Waals surface area contributed by atoms with E-state index in [9.17, 15) is 14.4 Å². The predicted molar refractivity (Wildman–Crippen MR) is 72.6 cm³/mol. The molecule has 0 saturated carbocycles. The van der Waals surface area contributed by atoms with E-state index in [0.717, 1.165) is 0 Å². The molecule has 0 aromatic rings.